The molecule has 0 aliphatic carbocycles. The zero-order valence-electron chi connectivity index (χ0n) is 10.8. The second kappa shape index (κ2) is 6.54. The average molecular weight is 281 g/mol. The molecule has 0 spiro atoms. The summed E-state index contributed by atoms with van der Waals surface area (Å²) in [6.07, 6.45) is 4.77. The Morgan fingerprint density at radius 3 is 2.95 bits per heavy atom. The lowest BCUT2D eigenvalue weighted by Crippen LogP contribution is -1.99. The number of unbranched alkanes of at least 4 members (excludes halogenated alkanes) is 1. The van der Waals surface area contributed by atoms with E-state index >= 15 is 0 Å². The number of rotatable bonds is 6. The number of methoxy groups -OCH3 is 1. The number of nitrogens with zero attached hydrogens (tertiary/aromatic N) is 3. The van der Waals surface area contributed by atoms with Crippen molar-refractivity contribution in [1.29, 1.82) is 0 Å². The number of aryl methyl sites for hydroxylation is 1. The first-order chi connectivity index (χ1) is 9.24. The number of ether oxygens (including phenoxy) is 1. The van der Waals surface area contributed by atoms with Crippen molar-refractivity contribution in [3.05, 3.63) is 35.1 Å². The zero-order chi connectivity index (χ0) is 13.7. The summed E-state index contributed by atoms with van der Waals surface area (Å²) in [7, 11) is 1.62. The van der Waals surface area contributed by atoms with E-state index in [1.807, 2.05) is 18.3 Å². The molecule has 0 unspecified atom stereocenters. The average Bonchev–Trinajstić information content (AvgIpc) is 2.88. The van der Waals surface area contributed by atoms with E-state index in [1.165, 1.54) is 0 Å². The van der Waals surface area contributed by atoms with E-state index in [2.05, 4.69) is 10.3 Å². The van der Waals surface area contributed by atoms with Gasteiger partial charge in [0.25, 0.3) is 0 Å². The first-order valence-corrected chi connectivity index (χ1v) is 6.57. The van der Waals surface area contributed by atoms with Crippen molar-refractivity contribution in [2.24, 2.45) is 5.73 Å². The minimum Gasteiger partial charge on any atom is -0.497 e. The van der Waals surface area contributed by atoms with Gasteiger partial charge in [0.2, 0.25) is 0 Å². The van der Waals surface area contributed by atoms with Gasteiger partial charge in [0.05, 0.1) is 29.7 Å². The first kappa shape index (κ1) is 13.8. The molecule has 0 aliphatic heterocycles. The summed E-state index contributed by atoms with van der Waals surface area (Å²) in [5.41, 5.74) is 7.17. The van der Waals surface area contributed by atoms with Crippen LogP contribution in [0, 0.1) is 0 Å². The maximum absolute atomic E-state index is 6.16. The molecule has 0 atom stereocenters. The van der Waals surface area contributed by atoms with Crippen LogP contribution in [0.4, 0.5) is 0 Å². The van der Waals surface area contributed by atoms with Gasteiger partial charge < -0.3 is 10.5 Å². The molecule has 5 nitrogen and oxygen atoms in total. The molecule has 0 radical (unpaired) electrons. The fourth-order valence-corrected chi connectivity index (χ4v) is 1.98. The highest BCUT2D eigenvalue weighted by Gasteiger charge is 2.08. The van der Waals surface area contributed by atoms with Gasteiger partial charge in [-0.15, -0.1) is 5.10 Å². The molecule has 0 amide bonds. The molecule has 2 N–H and O–H groups in total. The second-order valence-electron chi connectivity index (χ2n) is 4.22. The van der Waals surface area contributed by atoms with E-state index < -0.39 is 0 Å². The van der Waals surface area contributed by atoms with Crippen LogP contribution in [0.2, 0.25) is 5.02 Å². The monoisotopic (exact) mass is 280 g/mol. The quantitative estimate of drug-likeness (QED) is 0.824. The zero-order valence-corrected chi connectivity index (χ0v) is 11.6. The molecular weight excluding hydrogens is 264 g/mol. The number of hydrogen-bond acceptors (Lipinski definition) is 4. The Hall–Kier alpha value is -1.59. The van der Waals surface area contributed by atoms with Gasteiger partial charge in [-0.25, -0.2) is 4.68 Å². The van der Waals surface area contributed by atoms with E-state index in [0.717, 1.165) is 36.4 Å². The summed E-state index contributed by atoms with van der Waals surface area (Å²) in [6, 6.07) is 5.43. The Balaban J connectivity index is 2.17. The molecule has 0 bridgehead atoms. The number of aromatic nitrogens is 3. The molecule has 1 aromatic heterocycles. The van der Waals surface area contributed by atoms with Crippen molar-refractivity contribution >= 4 is 11.6 Å². The standard InChI is InChI=1S/C13H17ClN4O/c1-19-11-5-6-12(14)13(8-11)18-9-10(16-17-18)4-2-3-7-15/h5-6,8-9H,2-4,7,15H2,1H3. The molecule has 0 fully saturated rings. The van der Waals surface area contributed by atoms with Crippen molar-refractivity contribution in [2.75, 3.05) is 13.7 Å². The maximum Gasteiger partial charge on any atom is 0.121 e. The van der Waals surface area contributed by atoms with Crippen LogP contribution in [-0.2, 0) is 6.42 Å². The lowest BCUT2D eigenvalue weighted by molar-refractivity contribution is 0.414. The summed E-state index contributed by atoms with van der Waals surface area (Å²) in [4.78, 5) is 0. The third-order valence-corrected chi connectivity index (χ3v) is 3.15. The van der Waals surface area contributed by atoms with Crippen LogP contribution in [0.5, 0.6) is 5.75 Å². The van der Waals surface area contributed by atoms with Gasteiger partial charge in [-0.05, 0) is 37.9 Å². The molecule has 0 aliphatic rings. The van der Waals surface area contributed by atoms with Crippen molar-refractivity contribution in [1.82, 2.24) is 15.0 Å². The summed E-state index contributed by atoms with van der Waals surface area (Å²) in [5, 5.41) is 8.84. The molecular formula is C13H17ClN4O. The fourth-order valence-electron chi connectivity index (χ4n) is 1.78. The van der Waals surface area contributed by atoms with Gasteiger partial charge in [0, 0.05) is 6.07 Å². The molecule has 2 aromatic rings. The SMILES string of the molecule is COc1ccc(Cl)c(-n2cc(CCCCN)nn2)c1. The van der Waals surface area contributed by atoms with E-state index in [9.17, 15) is 0 Å². The number of hydrogen-bond donors (Lipinski definition) is 1. The van der Waals surface area contributed by atoms with Crippen LogP contribution in [0.25, 0.3) is 5.69 Å². The van der Waals surface area contributed by atoms with Crippen LogP contribution in [0.3, 0.4) is 0 Å². The van der Waals surface area contributed by atoms with Gasteiger partial charge in [-0.3, -0.25) is 0 Å². The van der Waals surface area contributed by atoms with Gasteiger partial charge in [0.15, 0.2) is 0 Å². The largest absolute Gasteiger partial charge is 0.497 e. The van der Waals surface area contributed by atoms with E-state index in [4.69, 9.17) is 22.1 Å². The molecule has 0 saturated heterocycles. The highest BCUT2D eigenvalue weighted by Crippen LogP contribution is 2.24. The fraction of sp³-hybridized carbons (Fsp3) is 0.385. The van der Waals surface area contributed by atoms with Gasteiger partial charge in [0.1, 0.15) is 5.75 Å². The Bertz CT molecular complexity index is 541. The van der Waals surface area contributed by atoms with E-state index in [0.29, 0.717) is 11.6 Å². The molecule has 6 heteroatoms. The highest BCUT2D eigenvalue weighted by atomic mass is 35.5. The number of halogens is 1. The second-order valence-corrected chi connectivity index (χ2v) is 4.62. The van der Waals surface area contributed by atoms with Gasteiger partial charge in [-0.2, -0.15) is 0 Å². The first-order valence-electron chi connectivity index (χ1n) is 6.20. The van der Waals surface area contributed by atoms with Crippen LogP contribution in [0.15, 0.2) is 24.4 Å². The predicted molar refractivity (Wildman–Crippen MR) is 74.9 cm³/mol. The maximum atomic E-state index is 6.16. The molecule has 1 heterocycles. The minimum absolute atomic E-state index is 0.610. The summed E-state index contributed by atoms with van der Waals surface area (Å²) in [6.45, 7) is 0.704. The highest BCUT2D eigenvalue weighted by molar-refractivity contribution is 6.32. The van der Waals surface area contributed by atoms with Crippen LogP contribution < -0.4 is 10.5 Å². The smallest absolute Gasteiger partial charge is 0.121 e. The Labute approximate surface area is 117 Å². The Kier molecular flexibility index (Phi) is 4.76. The van der Waals surface area contributed by atoms with E-state index in [-0.39, 0.29) is 0 Å². The van der Waals surface area contributed by atoms with E-state index in [1.54, 1.807) is 17.9 Å². The predicted octanol–water partition coefficient (Wildman–Crippen LogP) is 2.21. The molecule has 2 rings (SSSR count). The number of benzene rings is 1. The molecule has 19 heavy (non-hydrogen) atoms. The van der Waals surface area contributed by atoms with Gasteiger partial charge in [-0.1, -0.05) is 16.8 Å². The number of nitrogens with two attached hydrogens (primary N) is 1. The summed E-state index contributed by atoms with van der Waals surface area (Å²) < 4.78 is 6.85. The van der Waals surface area contributed by atoms with Crippen LogP contribution in [-0.4, -0.2) is 28.6 Å². The van der Waals surface area contributed by atoms with Crippen molar-refractivity contribution in [2.45, 2.75) is 19.3 Å². The molecule has 0 saturated carbocycles. The van der Waals surface area contributed by atoms with Crippen molar-refractivity contribution in [3.63, 3.8) is 0 Å². The van der Waals surface area contributed by atoms with Crippen molar-refractivity contribution in [3.8, 4) is 11.4 Å². The lowest BCUT2D eigenvalue weighted by Gasteiger charge is -2.05. The Morgan fingerprint density at radius 1 is 1.37 bits per heavy atom. The summed E-state index contributed by atoms with van der Waals surface area (Å²) in [5.74, 6) is 0.736. The summed E-state index contributed by atoms with van der Waals surface area (Å²) >= 11 is 6.16. The third-order valence-electron chi connectivity index (χ3n) is 2.83. The third kappa shape index (κ3) is 3.45. The normalized spacial score (nSPS) is 10.7. The Morgan fingerprint density at radius 2 is 2.21 bits per heavy atom. The minimum atomic E-state index is 0.610. The topological polar surface area (TPSA) is 66.0 Å². The molecule has 1 aromatic carbocycles. The lowest BCUT2D eigenvalue weighted by atomic mass is 10.2. The molecule has 102 valence electrons. The van der Waals surface area contributed by atoms with Crippen molar-refractivity contribution < 1.29 is 4.74 Å². The van der Waals surface area contributed by atoms with Crippen LogP contribution >= 0.6 is 11.6 Å². The van der Waals surface area contributed by atoms with Gasteiger partial charge >= 0.3 is 0 Å². The van der Waals surface area contributed by atoms with Crippen LogP contribution in [0.1, 0.15) is 18.5 Å².